The number of nitrogens with one attached hydrogen (secondary N) is 1. The van der Waals surface area contributed by atoms with Crippen molar-refractivity contribution in [1.29, 1.82) is 0 Å². The average Bonchev–Trinajstić information content (AvgIpc) is 2.66. The molecule has 27 heavy (non-hydrogen) atoms. The van der Waals surface area contributed by atoms with Crippen molar-refractivity contribution < 1.29 is 18.0 Å². The highest BCUT2D eigenvalue weighted by atomic mass is 32.2. The van der Waals surface area contributed by atoms with E-state index in [4.69, 9.17) is 0 Å². The number of nitrogens with zero attached hydrogens (tertiary/aromatic N) is 1. The predicted octanol–water partition coefficient (Wildman–Crippen LogP) is 3.10. The number of ketones is 1. The van der Waals surface area contributed by atoms with Crippen LogP contribution in [0.4, 0.5) is 5.69 Å². The fraction of sp³-hybridized carbons (Fsp3) is 0.300. The number of benzene rings is 2. The molecule has 0 fully saturated rings. The number of carbonyl (C=O) groups excluding carboxylic acids is 2. The number of Topliss-reactive ketones (excluding diaryl/α,β-unsaturated/α-hetero) is 1. The number of anilines is 1. The molecule has 0 aliphatic carbocycles. The van der Waals surface area contributed by atoms with Gasteiger partial charge < -0.3 is 5.32 Å². The van der Waals surface area contributed by atoms with Crippen LogP contribution in [-0.4, -0.2) is 38.5 Å². The van der Waals surface area contributed by atoms with Crippen LogP contribution in [0.15, 0.2) is 53.4 Å². The van der Waals surface area contributed by atoms with Crippen molar-refractivity contribution in [3.8, 4) is 0 Å². The lowest BCUT2D eigenvalue weighted by atomic mass is 10.0. The quantitative estimate of drug-likeness (QED) is 0.705. The summed E-state index contributed by atoms with van der Waals surface area (Å²) in [5.41, 5.74) is 2.11. The maximum Gasteiger partial charge on any atom is 0.242 e. The Labute approximate surface area is 160 Å². The summed E-state index contributed by atoms with van der Waals surface area (Å²) in [6.45, 7) is 2.04. The van der Waals surface area contributed by atoms with Gasteiger partial charge in [-0.1, -0.05) is 37.3 Å². The van der Waals surface area contributed by atoms with E-state index in [1.807, 2.05) is 19.1 Å². The Morgan fingerprint density at radius 1 is 1.00 bits per heavy atom. The van der Waals surface area contributed by atoms with Crippen LogP contribution in [0.3, 0.4) is 0 Å². The van der Waals surface area contributed by atoms with Crippen LogP contribution >= 0.6 is 0 Å². The molecular formula is C20H24N2O4S. The van der Waals surface area contributed by atoms with E-state index >= 15 is 0 Å². The number of hydrogen-bond donors (Lipinski definition) is 1. The first-order chi connectivity index (χ1) is 12.7. The molecule has 0 saturated carbocycles. The van der Waals surface area contributed by atoms with E-state index in [1.165, 1.54) is 26.2 Å². The second kappa shape index (κ2) is 8.92. The standard InChI is InChI=1S/C20H24N2O4S/c1-4-15-8-10-16(11-9-15)19(23)12-13-20(24)21-17-6-5-7-18(14-17)27(25,26)22(2)3/h5-11,14H,4,12-13H2,1-3H3,(H,21,24). The molecule has 0 aliphatic heterocycles. The van der Waals surface area contributed by atoms with Gasteiger partial charge in [-0.2, -0.15) is 0 Å². The summed E-state index contributed by atoms with van der Waals surface area (Å²) in [6.07, 6.45) is 1.02. The predicted molar refractivity (Wildman–Crippen MR) is 105 cm³/mol. The second-order valence-electron chi connectivity index (χ2n) is 6.34. The summed E-state index contributed by atoms with van der Waals surface area (Å²) in [5.74, 6) is -0.440. The molecule has 2 aromatic rings. The zero-order valence-corrected chi connectivity index (χ0v) is 16.5. The van der Waals surface area contributed by atoms with Crippen LogP contribution in [0.5, 0.6) is 0 Å². The Morgan fingerprint density at radius 2 is 1.67 bits per heavy atom. The van der Waals surface area contributed by atoms with Gasteiger partial charge in [0.1, 0.15) is 0 Å². The monoisotopic (exact) mass is 388 g/mol. The number of hydrogen-bond acceptors (Lipinski definition) is 4. The minimum atomic E-state index is -3.57. The Balaban J connectivity index is 1.96. The molecule has 0 atom stereocenters. The summed E-state index contributed by atoms with van der Waals surface area (Å²) in [6, 6.07) is 13.4. The van der Waals surface area contributed by atoms with Gasteiger partial charge in [-0.3, -0.25) is 9.59 Å². The highest BCUT2D eigenvalue weighted by Gasteiger charge is 2.17. The highest BCUT2D eigenvalue weighted by Crippen LogP contribution is 2.18. The molecule has 6 nitrogen and oxygen atoms in total. The number of carbonyl (C=O) groups is 2. The number of sulfonamides is 1. The van der Waals surface area contributed by atoms with Gasteiger partial charge in [0.25, 0.3) is 0 Å². The van der Waals surface area contributed by atoms with Crippen LogP contribution in [-0.2, 0) is 21.2 Å². The number of aryl methyl sites for hydroxylation is 1. The summed E-state index contributed by atoms with van der Waals surface area (Å²) in [4.78, 5) is 24.4. The van der Waals surface area contributed by atoms with Crippen LogP contribution < -0.4 is 5.32 Å². The van der Waals surface area contributed by atoms with E-state index in [9.17, 15) is 18.0 Å². The molecule has 0 aromatic heterocycles. The lowest BCUT2D eigenvalue weighted by molar-refractivity contribution is -0.116. The van der Waals surface area contributed by atoms with Crippen molar-refractivity contribution in [2.75, 3.05) is 19.4 Å². The third-order valence-electron chi connectivity index (χ3n) is 4.16. The zero-order chi connectivity index (χ0) is 20.0. The van der Waals surface area contributed by atoms with Crippen molar-refractivity contribution in [2.24, 2.45) is 0 Å². The minimum absolute atomic E-state index is 0.0268. The van der Waals surface area contributed by atoms with Gasteiger partial charge in [0, 0.05) is 38.2 Å². The van der Waals surface area contributed by atoms with Crippen LogP contribution in [0, 0.1) is 0 Å². The van der Waals surface area contributed by atoms with Crippen molar-refractivity contribution in [3.05, 3.63) is 59.7 Å². The van der Waals surface area contributed by atoms with E-state index in [1.54, 1.807) is 24.3 Å². The van der Waals surface area contributed by atoms with Gasteiger partial charge >= 0.3 is 0 Å². The molecule has 0 heterocycles. The topological polar surface area (TPSA) is 83.5 Å². The van der Waals surface area contributed by atoms with Crippen molar-refractivity contribution in [2.45, 2.75) is 31.1 Å². The van der Waals surface area contributed by atoms with Gasteiger partial charge in [-0.05, 0) is 30.2 Å². The first kappa shape index (κ1) is 20.8. The molecule has 0 radical (unpaired) electrons. The molecule has 0 aliphatic rings. The van der Waals surface area contributed by atoms with Gasteiger partial charge in [-0.15, -0.1) is 0 Å². The lowest BCUT2D eigenvalue weighted by Gasteiger charge is -2.12. The van der Waals surface area contributed by atoms with E-state index < -0.39 is 10.0 Å². The fourth-order valence-electron chi connectivity index (χ4n) is 2.47. The third kappa shape index (κ3) is 5.48. The summed E-state index contributed by atoms with van der Waals surface area (Å²) >= 11 is 0. The molecule has 7 heteroatoms. The average molecular weight is 388 g/mol. The largest absolute Gasteiger partial charge is 0.326 e. The molecule has 1 N–H and O–H groups in total. The smallest absolute Gasteiger partial charge is 0.242 e. The van der Waals surface area contributed by atoms with Gasteiger partial charge in [-0.25, -0.2) is 12.7 Å². The molecule has 0 bridgehead atoms. The third-order valence-corrected chi connectivity index (χ3v) is 5.97. The second-order valence-corrected chi connectivity index (χ2v) is 8.49. The SMILES string of the molecule is CCc1ccc(C(=O)CCC(=O)Nc2cccc(S(=O)(=O)N(C)C)c2)cc1. The number of rotatable bonds is 8. The molecule has 0 saturated heterocycles. The van der Waals surface area contributed by atoms with Crippen LogP contribution in [0.25, 0.3) is 0 Å². The molecule has 2 rings (SSSR count). The van der Waals surface area contributed by atoms with E-state index in [0.29, 0.717) is 11.3 Å². The molecule has 1 amide bonds. The van der Waals surface area contributed by atoms with E-state index in [0.717, 1.165) is 16.3 Å². The lowest BCUT2D eigenvalue weighted by Crippen LogP contribution is -2.22. The van der Waals surface area contributed by atoms with Crippen LogP contribution in [0.1, 0.15) is 35.7 Å². The Morgan fingerprint density at radius 3 is 2.26 bits per heavy atom. The molecular weight excluding hydrogens is 364 g/mol. The summed E-state index contributed by atoms with van der Waals surface area (Å²) < 4.78 is 25.4. The maximum atomic E-state index is 12.2. The molecule has 2 aromatic carbocycles. The Kier molecular flexibility index (Phi) is 6.87. The Bertz CT molecular complexity index is 919. The molecule has 0 spiro atoms. The molecule has 0 unspecified atom stereocenters. The number of amides is 1. The first-order valence-corrected chi connectivity index (χ1v) is 10.1. The van der Waals surface area contributed by atoms with Crippen molar-refractivity contribution in [1.82, 2.24) is 4.31 Å². The first-order valence-electron chi connectivity index (χ1n) is 8.68. The van der Waals surface area contributed by atoms with Gasteiger partial charge in [0.2, 0.25) is 15.9 Å². The highest BCUT2D eigenvalue weighted by molar-refractivity contribution is 7.89. The summed E-state index contributed by atoms with van der Waals surface area (Å²) in [5, 5.41) is 2.64. The Hall–Kier alpha value is -2.51. The summed E-state index contributed by atoms with van der Waals surface area (Å²) in [7, 11) is -0.687. The van der Waals surface area contributed by atoms with Gasteiger partial charge in [0.05, 0.1) is 4.90 Å². The normalized spacial score (nSPS) is 11.4. The van der Waals surface area contributed by atoms with Gasteiger partial charge in [0.15, 0.2) is 5.78 Å². The minimum Gasteiger partial charge on any atom is -0.326 e. The van der Waals surface area contributed by atoms with E-state index in [2.05, 4.69) is 5.32 Å². The van der Waals surface area contributed by atoms with Crippen molar-refractivity contribution >= 4 is 27.4 Å². The van der Waals surface area contributed by atoms with Crippen LogP contribution in [0.2, 0.25) is 0 Å². The van der Waals surface area contributed by atoms with Crippen molar-refractivity contribution in [3.63, 3.8) is 0 Å². The molecule has 144 valence electrons. The fourth-order valence-corrected chi connectivity index (χ4v) is 3.41. The maximum absolute atomic E-state index is 12.2. The van der Waals surface area contributed by atoms with E-state index in [-0.39, 0.29) is 29.4 Å². The zero-order valence-electron chi connectivity index (χ0n) is 15.7.